The zero-order valence-electron chi connectivity index (χ0n) is 17.2. The number of benzene rings is 1. The van der Waals surface area contributed by atoms with E-state index < -0.39 is 0 Å². The van der Waals surface area contributed by atoms with Crippen LogP contribution in [0.25, 0.3) is 16.5 Å². The van der Waals surface area contributed by atoms with Gasteiger partial charge in [0.05, 0.1) is 0 Å². The number of rotatable bonds is 6. The van der Waals surface area contributed by atoms with Crippen LogP contribution in [0.2, 0.25) is 0 Å². The fraction of sp³-hybridized carbons (Fsp3) is 0.375. The minimum atomic E-state index is -0.0642. The molecular formula is C24H31N3O. The number of piperidine rings is 1. The van der Waals surface area contributed by atoms with Gasteiger partial charge in [-0.25, -0.2) is 0 Å². The van der Waals surface area contributed by atoms with Crippen LogP contribution in [-0.4, -0.2) is 24.0 Å². The molecule has 2 aromatic rings. The highest BCUT2D eigenvalue weighted by molar-refractivity contribution is 5.92. The lowest BCUT2D eigenvalue weighted by atomic mass is 9.89. The second-order valence-electron chi connectivity index (χ2n) is 7.53. The Bertz CT molecular complexity index is 927. The maximum atomic E-state index is 11.4. The molecule has 4 nitrogen and oxygen atoms in total. The molecule has 4 heteroatoms. The maximum Gasteiger partial charge on any atom is 0.220 e. The van der Waals surface area contributed by atoms with Gasteiger partial charge in [0.25, 0.3) is 0 Å². The van der Waals surface area contributed by atoms with Gasteiger partial charge in [-0.1, -0.05) is 31.7 Å². The summed E-state index contributed by atoms with van der Waals surface area (Å²) in [6.45, 7) is 11.7. The summed E-state index contributed by atoms with van der Waals surface area (Å²) in [4.78, 5) is 15.0. The molecular weight excluding hydrogens is 346 g/mol. The van der Waals surface area contributed by atoms with Gasteiger partial charge in [0, 0.05) is 29.2 Å². The van der Waals surface area contributed by atoms with Crippen molar-refractivity contribution in [3.8, 4) is 0 Å². The van der Waals surface area contributed by atoms with E-state index in [4.69, 9.17) is 0 Å². The number of amides is 1. The smallest absolute Gasteiger partial charge is 0.220 e. The second kappa shape index (κ2) is 9.07. The van der Waals surface area contributed by atoms with Crippen molar-refractivity contribution < 1.29 is 4.79 Å². The van der Waals surface area contributed by atoms with Gasteiger partial charge >= 0.3 is 0 Å². The van der Waals surface area contributed by atoms with Crippen LogP contribution >= 0.6 is 0 Å². The van der Waals surface area contributed by atoms with E-state index in [-0.39, 0.29) is 5.91 Å². The first-order valence-corrected chi connectivity index (χ1v) is 10.2. The Hall–Kier alpha value is -2.59. The van der Waals surface area contributed by atoms with Crippen molar-refractivity contribution >= 4 is 22.4 Å². The number of H-pyrrole nitrogens is 1. The lowest BCUT2D eigenvalue weighted by molar-refractivity contribution is -0.118. The summed E-state index contributed by atoms with van der Waals surface area (Å²) in [5.74, 6) is 0.574. The first-order chi connectivity index (χ1) is 13.5. The van der Waals surface area contributed by atoms with Gasteiger partial charge in [-0.2, -0.15) is 0 Å². The standard InChI is InChI=1S/C24H31N3O/c1-5-7-20(14-16(3)26-17(4)28)24-21(6-2)22-15-19(8-9-23(22)27-24)18-10-12-25-13-11-18/h5,7-9,14-15,18,25,27H,1,6,10-13H2,2-4H3,(H,26,28)/b16-14+,20-7+. The normalized spacial score (nSPS) is 16.4. The van der Waals surface area contributed by atoms with E-state index in [1.807, 2.05) is 19.1 Å². The Morgan fingerprint density at radius 2 is 2.04 bits per heavy atom. The number of nitrogens with one attached hydrogen (secondary N) is 3. The van der Waals surface area contributed by atoms with E-state index in [1.54, 1.807) is 6.08 Å². The van der Waals surface area contributed by atoms with Gasteiger partial charge in [-0.15, -0.1) is 0 Å². The summed E-state index contributed by atoms with van der Waals surface area (Å²) in [6.07, 6.45) is 9.11. The third-order valence-electron chi connectivity index (χ3n) is 5.43. The monoisotopic (exact) mass is 377 g/mol. The zero-order valence-corrected chi connectivity index (χ0v) is 17.2. The second-order valence-corrected chi connectivity index (χ2v) is 7.53. The SMILES string of the molecule is C=C/C=C(\C=C(/C)NC(C)=O)c1[nH]c2ccc(C3CCNCC3)cc2c1CC. The number of allylic oxidation sites excluding steroid dienone is 5. The van der Waals surface area contributed by atoms with Crippen molar-refractivity contribution in [3.63, 3.8) is 0 Å². The van der Waals surface area contributed by atoms with Crippen molar-refractivity contribution in [1.29, 1.82) is 0 Å². The minimum Gasteiger partial charge on any atom is -0.354 e. The molecule has 1 aliphatic rings. The van der Waals surface area contributed by atoms with Crippen LogP contribution in [0, 0.1) is 0 Å². The molecule has 0 unspecified atom stereocenters. The zero-order chi connectivity index (χ0) is 20.1. The maximum absolute atomic E-state index is 11.4. The summed E-state index contributed by atoms with van der Waals surface area (Å²) < 4.78 is 0. The van der Waals surface area contributed by atoms with E-state index >= 15 is 0 Å². The van der Waals surface area contributed by atoms with Crippen LogP contribution in [0.5, 0.6) is 0 Å². The van der Waals surface area contributed by atoms with Gasteiger partial charge in [-0.3, -0.25) is 4.79 Å². The molecule has 1 aromatic carbocycles. The molecule has 3 N–H and O–H groups in total. The third-order valence-corrected chi connectivity index (χ3v) is 5.43. The van der Waals surface area contributed by atoms with Gasteiger partial charge < -0.3 is 15.6 Å². The van der Waals surface area contributed by atoms with Crippen molar-refractivity contribution in [2.24, 2.45) is 0 Å². The first-order valence-electron chi connectivity index (χ1n) is 10.2. The predicted molar refractivity (Wildman–Crippen MR) is 118 cm³/mol. The summed E-state index contributed by atoms with van der Waals surface area (Å²) in [7, 11) is 0. The molecule has 1 saturated heterocycles. The Morgan fingerprint density at radius 3 is 2.68 bits per heavy atom. The average Bonchev–Trinajstić information content (AvgIpc) is 3.05. The Kier molecular flexibility index (Phi) is 6.53. The number of carbonyl (C=O) groups excluding carboxylic acids is 1. The van der Waals surface area contributed by atoms with Crippen LogP contribution in [0.1, 0.15) is 56.4 Å². The molecule has 0 aliphatic carbocycles. The predicted octanol–water partition coefficient (Wildman–Crippen LogP) is 4.81. The van der Waals surface area contributed by atoms with E-state index in [0.29, 0.717) is 5.92 Å². The fourth-order valence-electron chi connectivity index (χ4n) is 4.17. The Labute approximate surface area is 167 Å². The Morgan fingerprint density at radius 1 is 1.29 bits per heavy atom. The van der Waals surface area contributed by atoms with Crippen molar-refractivity contribution in [3.05, 3.63) is 65.5 Å². The lowest BCUT2D eigenvalue weighted by Gasteiger charge is -2.23. The van der Waals surface area contributed by atoms with E-state index in [9.17, 15) is 4.79 Å². The van der Waals surface area contributed by atoms with Crippen LogP contribution in [0.3, 0.4) is 0 Å². The molecule has 28 heavy (non-hydrogen) atoms. The van der Waals surface area contributed by atoms with Crippen LogP contribution in [0.15, 0.2) is 48.7 Å². The molecule has 0 bridgehead atoms. The molecule has 3 rings (SSSR count). The van der Waals surface area contributed by atoms with Crippen molar-refractivity contribution in [2.75, 3.05) is 13.1 Å². The fourth-order valence-corrected chi connectivity index (χ4v) is 4.17. The van der Waals surface area contributed by atoms with Gasteiger partial charge in [0.15, 0.2) is 0 Å². The summed E-state index contributed by atoms with van der Waals surface area (Å²) in [5, 5.41) is 7.60. The van der Waals surface area contributed by atoms with Crippen LogP contribution in [0.4, 0.5) is 0 Å². The largest absolute Gasteiger partial charge is 0.354 e. The highest BCUT2D eigenvalue weighted by Crippen LogP contribution is 2.33. The van der Waals surface area contributed by atoms with E-state index in [0.717, 1.165) is 42.0 Å². The minimum absolute atomic E-state index is 0.0642. The number of carbonyl (C=O) groups is 1. The molecule has 2 heterocycles. The molecule has 1 aliphatic heterocycles. The number of aryl methyl sites for hydroxylation is 1. The number of hydrogen-bond acceptors (Lipinski definition) is 2. The molecule has 0 saturated carbocycles. The number of aromatic amines is 1. The van der Waals surface area contributed by atoms with Crippen molar-refractivity contribution in [1.82, 2.24) is 15.6 Å². The Balaban J connectivity index is 2.05. The van der Waals surface area contributed by atoms with Crippen LogP contribution < -0.4 is 10.6 Å². The quantitative estimate of drug-likeness (QED) is 0.633. The summed E-state index contributed by atoms with van der Waals surface area (Å²) in [6, 6.07) is 6.86. The molecule has 0 atom stereocenters. The van der Waals surface area contributed by atoms with E-state index in [1.165, 1.54) is 36.3 Å². The summed E-state index contributed by atoms with van der Waals surface area (Å²) in [5.41, 5.74) is 6.85. The van der Waals surface area contributed by atoms with Crippen LogP contribution in [-0.2, 0) is 11.2 Å². The van der Waals surface area contributed by atoms with E-state index in [2.05, 4.69) is 47.3 Å². The molecule has 148 valence electrons. The topological polar surface area (TPSA) is 56.9 Å². The molecule has 1 fully saturated rings. The molecule has 1 amide bonds. The molecule has 0 radical (unpaired) electrons. The average molecular weight is 378 g/mol. The highest BCUT2D eigenvalue weighted by atomic mass is 16.1. The number of fused-ring (bicyclic) bond motifs is 1. The van der Waals surface area contributed by atoms with Crippen molar-refractivity contribution in [2.45, 2.75) is 46.0 Å². The lowest BCUT2D eigenvalue weighted by Crippen LogP contribution is -2.26. The number of aromatic nitrogens is 1. The summed E-state index contributed by atoms with van der Waals surface area (Å²) >= 11 is 0. The van der Waals surface area contributed by atoms with Gasteiger partial charge in [-0.05, 0) is 80.1 Å². The number of hydrogen-bond donors (Lipinski definition) is 3. The molecule has 0 spiro atoms. The molecule has 1 aromatic heterocycles. The van der Waals surface area contributed by atoms with Gasteiger partial charge in [0.2, 0.25) is 5.91 Å². The van der Waals surface area contributed by atoms with Gasteiger partial charge in [0.1, 0.15) is 0 Å². The highest BCUT2D eigenvalue weighted by Gasteiger charge is 2.18. The first kappa shape index (κ1) is 20.2. The third kappa shape index (κ3) is 4.45.